The Morgan fingerprint density at radius 1 is 1.28 bits per heavy atom. The number of amides is 1. The molecule has 0 aromatic heterocycles. The fraction of sp³-hybridized carbons (Fsp3) is 0.611. The number of likely N-dealkylation sites (tertiary alicyclic amines) is 1. The molecule has 1 heterocycles. The van der Waals surface area contributed by atoms with E-state index in [0.29, 0.717) is 24.0 Å². The maximum absolute atomic E-state index is 12.5. The first-order valence-corrected chi connectivity index (χ1v) is 10.6. The molecule has 0 N–H and O–H groups in total. The minimum atomic E-state index is -3.51. The average Bonchev–Trinajstić information content (AvgIpc) is 2.56. The minimum Gasteiger partial charge on any atom is -0.492 e. The van der Waals surface area contributed by atoms with Gasteiger partial charge in [0.05, 0.1) is 18.6 Å². The Kier molecular flexibility index (Phi) is 6.70. The summed E-state index contributed by atoms with van der Waals surface area (Å²) in [5, 5.41) is 0. The van der Waals surface area contributed by atoms with E-state index in [0.717, 1.165) is 32.2 Å². The zero-order valence-corrected chi connectivity index (χ0v) is 16.1. The first-order chi connectivity index (χ1) is 11.8. The standard InChI is InChI=1S/C18H28N2O4S/c1-4-24-17-8-6-5-7-16(17)20(25(3,22)23)14-11-18(21)19-12-9-15(2)10-13-19/h5-8,15H,4,9-14H2,1-3H3. The van der Waals surface area contributed by atoms with Gasteiger partial charge in [0.15, 0.2) is 0 Å². The maximum Gasteiger partial charge on any atom is 0.232 e. The average molecular weight is 368 g/mol. The molecule has 0 atom stereocenters. The van der Waals surface area contributed by atoms with Crippen LogP contribution in [-0.4, -0.2) is 51.7 Å². The third-order valence-corrected chi connectivity index (χ3v) is 5.68. The number of carbonyl (C=O) groups excluding carboxylic acids is 1. The lowest BCUT2D eigenvalue weighted by Gasteiger charge is -2.31. The van der Waals surface area contributed by atoms with E-state index >= 15 is 0 Å². The highest BCUT2D eigenvalue weighted by Gasteiger charge is 2.25. The van der Waals surface area contributed by atoms with Crippen LogP contribution in [0.15, 0.2) is 24.3 Å². The Morgan fingerprint density at radius 3 is 2.52 bits per heavy atom. The Hall–Kier alpha value is -1.76. The number of rotatable bonds is 7. The van der Waals surface area contributed by atoms with E-state index in [1.807, 2.05) is 11.8 Å². The lowest BCUT2D eigenvalue weighted by molar-refractivity contribution is -0.132. The van der Waals surface area contributed by atoms with Crippen LogP contribution < -0.4 is 9.04 Å². The zero-order chi connectivity index (χ0) is 18.4. The van der Waals surface area contributed by atoms with Crippen LogP contribution in [0.1, 0.15) is 33.1 Å². The van der Waals surface area contributed by atoms with Crippen LogP contribution in [0.2, 0.25) is 0 Å². The normalized spacial score (nSPS) is 15.9. The summed E-state index contributed by atoms with van der Waals surface area (Å²) < 4.78 is 31.3. The molecule has 6 nitrogen and oxygen atoms in total. The number of benzene rings is 1. The van der Waals surface area contributed by atoms with E-state index < -0.39 is 10.0 Å². The molecule has 0 radical (unpaired) electrons. The first kappa shape index (κ1) is 19.6. The molecule has 1 aliphatic rings. The van der Waals surface area contributed by atoms with Crippen LogP contribution in [0.3, 0.4) is 0 Å². The molecule has 0 unspecified atom stereocenters. The summed E-state index contributed by atoms with van der Waals surface area (Å²) in [6, 6.07) is 7.02. The van der Waals surface area contributed by atoms with Gasteiger partial charge in [-0.05, 0) is 37.8 Å². The smallest absolute Gasteiger partial charge is 0.232 e. The molecule has 2 rings (SSSR count). The van der Waals surface area contributed by atoms with Crippen LogP contribution in [0.4, 0.5) is 5.69 Å². The summed E-state index contributed by atoms with van der Waals surface area (Å²) in [7, 11) is -3.51. The van der Waals surface area contributed by atoms with E-state index in [-0.39, 0.29) is 18.9 Å². The van der Waals surface area contributed by atoms with Crippen molar-refractivity contribution >= 4 is 21.6 Å². The van der Waals surface area contributed by atoms with Gasteiger partial charge in [0.25, 0.3) is 0 Å². The van der Waals surface area contributed by atoms with Crippen molar-refractivity contribution in [3.05, 3.63) is 24.3 Å². The molecule has 1 saturated heterocycles. The number of sulfonamides is 1. The van der Waals surface area contributed by atoms with Gasteiger partial charge >= 0.3 is 0 Å². The summed E-state index contributed by atoms with van der Waals surface area (Å²) in [5.74, 6) is 1.17. The van der Waals surface area contributed by atoms with Crippen LogP contribution in [-0.2, 0) is 14.8 Å². The fourth-order valence-electron chi connectivity index (χ4n) is 3.02. The van der Waals surface area contributed by atoms with Gasteiger partial charge in [-0.25, -0.2) is 8.42 Å². The highest BCUT2D eigenvalue weighted by molar-refractivity contribution is 7.92. The van der Waals surface area contributed by atoms with Crippen molar-refractivity contribution < 1.29 is 17.9 Å². The second-order valence-electron chi connectivity index (χ2n) is 6.55. The van der Waals surface area contributed by atoms with E-state index in [4.69, 9.17) is 4.74 Å². The van der Waals surface area contributed by atoms with Gasteiger partial charge in [0.2, 0.25) is 15.9 Å². The van der Waals surface area contributed by atoms with Crippen LogP contribution in [0, 0.1) is 5.92 Å². The van der Waals surface area contributed by atoms with Gasteiger partial charge in [-0.3, -0.25) is 9.10 Å². The molecule has 1 amide bonds. The van der Waals surface area contributed by atoms with Crippen LogP contribution >= 0.6 is 0 Å². The molecule has 0 aliphatic carbocycles. The van der Waals surface area contributed by atoms with Crippen molar-refractivity contribution in [2.24, 2.45) is 5.92 Å². The Bertz CT molecular complexity index is 682. The van der Waals surface area contributed by atoms with Crippen molar-refractivity contribution in [2.45, 2.75) is 33.1 Å². The SMILES string of the molecule is CCOc1ccccc1N(CCC(=O)N1CCC(C)CC1)S(C)(=O)=O. The summed E-state index contributed by atoms with van der Waals surface area (Å²) >= 11 is 0. The number of piperidine rings is 1. The third-order valence-electron chi connectivity index (χ3n) is 4.50. The number of carbonyl (C=O) groups is 1. The largest absolute Gasteiger partial charge is 0.492 e. The van der Waals surface area contributed by atoms with Gasteiger partial charge in [0, 0.05) is 26.1 Å². The lowest BCUT2D eigenvalue weighted by Crippen LogP contribution is -2.40. The van der Waals surface area contributed by atoms with Gasteiger partial charge in [-0.15, -0.1) is 0 Å². The van der Waals surface area contributed by atoms with Crippen molar-refractivity contribution in [1.29, 1.82) is 0 Å². The van der Waals surface area contributed by atoms with Crippen molar-refractivity contribution in [3.63, 3.8) is 0 Å². The van der Waals surface area contributed by atoms with Gasteiger partial charge < -0.3 is 9.64 Å². The topological polar surface area (TPSA) is 66.9 Å². The predicted molar refractivity (Wildman–Crippen MR) is 99.4 cm³/mol. The Labute approximate surface area is 150 Å². The van der Waals surface area contributed by atoms with E-state index in [1.54, 1.807) is 24.3 Å². The number of nitrogens with zero attached hydrogens (tertiary/aromatic N) is 2. The molecule has 1 aromatic rings. The minimum absolute atomic E-state index is 0.00874. The first-order valence-electron chi connectivity index (χ1n) is 8.80. The number of para-hydroxylation sites is 2. The number of hydrogen-bond donors (Lipinski definition) is 0. The fourth-order valence-corrected chi connectivity index (χ4v) is 3.95. The Balaban J connectivity index is 2.11. The molecule has 1 aromatic carbocycles. The third kappa shape index (κ3) is 5.36. The van der Waals surface area contributed by atoms with Crippen molar-refractivity contribution in [3.8, 4) is 5.75 Å². The highest BCUT2D eigenvalue weighted by Crippen LogP contribution is 2.30. The van der Waals surface area contributed by atoms with Crippen LogP contribution in [0.25, 0.3) is 0 Å². The molecule has 1 aliphatic heterocycles. The second kappa shape index (κ2) is 8.56. The molecule has 25 heavy (non-hydrogen) atoms. The Morgan fingerprint density at radius 2 is 1.92 bits per heavy atom. The van der Waals surface area contributed by atoms with E-state index in [2.05, 4.69) is 6.92 Å². The molecule has 0 bridgehead atoms. The summed E-state index contributed by atoms with van der Waals surface area (Å²) in [6.07, 6.45) is 3.34. The van der Waals surface area contributed by atoms with Crippen LogP contribution in [0.5, 0.6) is 5.75 Å². The molecule has 7 heteroatoms. The van der Waals surface area contributed by atoms with Crippen molar-refractivity contribution in [2.75, 3.05) is 36.8 Å². The lowest BCUT2D eigenvalue weighted by atomic mass is 9.99. The summed E-state index contributed by atoms with van der Waals surface area (Å²) in [5.41, 5.74) is 0.479. The summed E-state index contributed by atoms with van der Waals surface area (Å²) in [6.45, 7) is 6.12. The number of hydrogen-bond acceptors (Lipinski definition) is 4. The second-order valence-corrected chi connectivity index (χ2v) is 8.46. The van der Waals surface area contributed by atoms with Gasteiger partial charge in [-0.1, -0.05) is 19.1 Å². The predicted octanol–water partition coefficient (Wildman–Crippen LogP) is 2.50. The molecular weight excluding hydrogens is 340 g/mol. The molecule has 0 saturated carbocycles. The monoisotopic (exact) mass is 368 g/mol. The van der Waals surface area contributed by atoms with Crippen molar-refractivity contribution in [1.82, 2.24) is 4.90 Å². The van der Waals surface area contributed by atoms with Gasteiger partial charge in [0.1, 0.15) is 5.75 Å². The molecule has 1 fully saturated rings. The van der Waals surface area contributed by atoms with Gasteiger partial charge in [-0.2, -0.15) is 0 Å². The molecule has 0 spiro atoms. The number of ether oxygens (including phenoxy) is 1. The maximum atomic E-state index is 12.5. The quantitative estimate of drug-likeness (QED) is 0.742. The number of anilines is 1. The summed E-state index contributed by atoms with van der Waals surface area (Å²) in [4.78, 5) is 14.3. The van der Waals surface area contributed by atoms with E-state index in [1.165, 1.54) is 4.31 Å². The zero-order valence-electron chi connectivity index (χ0n) is 15.3. The van der Waals surface area contributed by atoms with E-state index in [9.17, 15) is 13.2 Å². The molecule has 140 valence electrons. The molecular formula is C18H28N2O4S. The highest BCUT2D eigenvalue weighted by atomic mass is 32.2.